The largest absolute Gasteiger partial charge is 0.317 e. The normalized spacial score (nSPS) is 11.7. The van der Waals surface area contributed by atoms with Crippen LogP contribution in [0.4, 0.5) is 0 Å². The fourth-order valence-electron chi connectivity index (χ4n) is 5.68. The first-order valence-corrected chi connectivity index (χ1v) is 12.8. The molecule has 0 aliphatic heterocycles. The second kappa shape index (κ2) is 8.15. The van der Waals surface area contributed by atoms with Gasteiger partial charge in [-0.1, -0.05) is 54.6 Å². The predicted molar refractivity (Wildman–Crippen MR) is 156 cm³/mol. The molecule has 4 nitrogen and oxygen atoms in total. The summed E-state index contributed by atoms with van der Waals surface area (Å²) in [5.41, 5.74) is 7.47. The van der Waals surface area contributed by atoms with Crippen molar-refractivity contribution < 1.29 is 0 Å². The lowest BCUT2D eigenvalue weighted by atomic mass is 10.0. The Kier molecular flexibility index (Phi) is 4.49. The highest BCUT2D eigenvalue weighted by atomic mass is 15.0. The van der Waals surface area contributed by atoms with Crippen molar-refractivity contribution in [1.29, 1.82) is 0 Å². The molecule has 0 saturated heterocycles. The minimum atomic E-state index is 0.863. The molecular weight excluding hydrogens is 464 g/mol. The third-order valence-corrected chi connectivity index (χ3v) is 7.43. The second-order valence-corrected chi connectivity index (χ2v) is 9.58. The molecular formula is C34H22N4. The number of aromatic nitrogens is 4. The SMILES string of the molecule is c1ccc(-n2ccc3cc4ccc5c6ccccc6n(-c6ccc(-c7ccccn7)nc6)c5c4cc32)cc1. The van der Waals surface area contributed by atoms with Crippen LogP contribution in [0.3, 0.4) is 0 Å². The molecule has 0 unspecified atom stereocenters. The first kappa shape index (κ1) is 20.9. The molecule has 4 aromatic heterocycles. The van der Waals surface area contributed by atoms with E-state index in [0.29, 0.717) is 0 Å². The molecule has 4 aromatic carbocycles. The molecule has 0 spiro atoms. The van der Waals surface area contributed by atoms with Gasteiger partial charge in [0.2, 0.25) is 0 Å². The van der Waals surface area contributed by atoms with Crippen molar-refractivity contribution >= 4 is 43.5 Å². The Morgan fingerprint density at radius 1 is 0.500 bits per heavy atom. The van der Waals surface area contributed by atoms with Crippen molar-refractivity contribution in [3.8, 4) is 22.8 Å². The van der Waals surface area contributed by atoms with Crippen LogP contribution in [0.15, 0.2) is 134 Å². The zero-order valence-electron chi connectivity index (χ0n) is 20.5. The van der Waals surface area contributed by atoms with Gasteiger partial charge in [-0.25, -0.2) is 0 Å². The third kappa shape index (κ3) is 3.10. The Hall–Kier alpha value is -5.22. The monoisotopic (exact) mass is 486 g/mol. The number of fused-ring (bicyclic) bond motifs is 6. The van der Waals surface area contributed by atoms with E-state index in [1.54, 1.807) is 6.20 Å². The van der Waals surface area contributed by atoms with Crippen LogP contribution < -0.4 is 0 Å². The van der Waals surface area contributed by atoms with Gasteiger partial charge in [-0.15, -0.1) is 0 Å². The molecule has 0 bridgehead atoms. The Morgan fingerprint density at radius 2 is 1.34 bits per heavy atom. The van der Waals surface area contributed by atoms with Gasteiger partial charge in [-0.05, 0) is 66.0 Å². The van der Waals surface area contributed by atoms with Crippen LogP contribution in [0.5, 0.6) is 0 Å². The molecule has 0 aliphatic rings. The number of hydrogen-bond donors (Lipinski definition) is 0. The van der Waals surface area contributed by atoms with Crippen LogP contribution >= 0.6 is 0 Å². The van der Waals surface area contributed by atoms with Gasteiger partial charge in [0.05, 0.1) is 39.8 Å². The van der Waals surface area contributed by atoms with E-state index in [4.69, 9.17) is 4.98 Å². The highest BCUT2D eigenvalue weighted by Gasteiger charge is 2.16. The predicted octanol–water partition coefficient (Wildman–Crippen LogP) is 8.34. The fraction of sp³-hybridized carbons (Fsp3) is 0. The maximum absolute atomic E-state index is 4.81. The Balaban J connectivity index is 1.43. The highest BCUT2D eigenvalue weighted by molar-refractivity contribution is 6.20. The zero-order chi connectivity index (χ0) is 25.1. The molecule has 0 saturated carbocycles. The van der Waals surface area contributed by atoms with Gasteiger partial charge in [0, 0.05) is 39.6 Å². The average molecular weight is 487 g/mol. The number of pyridine rings is 2. The van der Waals surface area contributed by atoms with E-state index in [-0.39, 0.29) is 0 Å². The molecule has 38 heavy (non-hydrogen) atoms. The van der Waals surface area contributed by atoms with Crippen LogP contribution in [0.2, 0.25) is 0 Å². The summed E-state index contributed by atoms with van der Waals surface area (Å²) in [7, 11) is 0. The minimum Gasteiger partial charge on any atom is -0.317 e. The summed E-state index contributed by atoms with van der Waals surface area (Å²) in [6.07, 6.45) is 5.92. The first-order valence-electron chi connectivity index (χ1n) is 12.8. The van der Waals surface area contributed by atoms with E-state index in [2.05, 4.69) is 117 Å². The summed E-state index contributed by atoms with van der Waals surface area (Å²) in [6, 6.07) is 40.6. The third-order valence-electron chi connectivity index (χ3n) is 7.43. The van der Waals surface area contributed by atoms with Crippen molar-refractivity contribution in [2.75, 3.05) is 0 Å². The molecule has 4 heteroatoms. The summed E-state index contributed by atoms with van der Waals surface area (Å²) in [5, 5.41) is 6.13. The van der Waals surface area contributed by atoms with Crippen LogP contribution in [0, 0.1) is 0 Å². The quantitative estimate of drug-likeness (QED) is 0.252. The first-order chi connectivity index (χ1) is 18.8. The summed E-state index contributed by atoms with van der Waals surface area (Å²) < 4.78 is 4.62. The molecule has 0 fully saturated rings. The van der Waals surface area contributed by atoms with Gasteiger partial charge in [0.1, 0.15) is 0 Å². The maximum atomic E-state index is 4.81. The molecule has 4 heterocycles. The number of nitrogens with zero attached hydrogens (tertiary/aromatic N) is 4. The Bertz CT molecular complexity index is 2100. The van der Waals surface area contributed by atoms with Crippen molar-refractivity contribution in [3.63, 3.8) is 0 Å². The van der Waals surface area contributed by atoms with E-state index in [1.807, 2.05) is 24.4 Å². The molecule has 8 rings (SSSR count). The number of rotatable bonds is 3. The lowest BCUT2D eigenvalue weighted by Gasteiger charge is -2.11. The Morgan fingerprint density at radius 3 is 2.18 bits per heavy atom. The van der Waals surface area contributed by atoms with Crippen molar-refractivity contribution in [2.45, 2.75) is 0 Å². The van der Waals surface area contributed by atoms with Gasteiger partial charge < -0.3 is 9.13 Å². The molecule has 0 atom stereocenters. The van der Waals surface area contributed by atoms with E-state index in [9.17, 15) is 0 Å². The van der Waals surface area contributed by atoms with Crippen LogP contribution in [0.25, 0.3) is 66.2 Å². The van der Waals surface area contributed by atoms with E-state index in [1.165, 1.54) is 43.5 Å². The second-order valence-electron chi connectivity index (χ2n) is 9.58. The summed E-state index contributed by atoms with van der Waals surface area (Å²) in [6.45, 7) is 0. The highest BCUT2D eigenvalue weighted by Crippen LogP contribution is 2.38. The number of para-hydroxylation sites is 2. The van der Waals surface area contributed by atoms with E-state index < -0.39 is 0 Å². The maximum Gasteiger partial charge on any atom is 0.0887 e. The minimum absolute atomic E-state index is 0.863. The summed E-state index contributed by atoms with van der Waals surface area (Å²) in [4.78, 5) is 9.27. The average Bonchev–Trinajstić information content (AvgIpc) is 3.56. The lowest BCUT2D eigenvalue weighted by molar-refractivity contribution is 1.13. The van der Waals surface area contributed by atoms with Crippen LogP contribution in [0.1, 0.15) is 0 Å². The van der Waals surface area contributed by atoms with Crippen LogP contribution in [-0.4, -0.2) is 19.1 Å². The van der Waals surface area contributed by atoms with Gasteiger partial charge in [-0.2, -0.15) is 0 Å². The molecule has 0 radical (unpaired) electrons. The molecule has 0 aliphatic carbocycles. The van der Waals surface area contributed by atoms with Crippen LogP contribution in [-0.2, 0) is 0 Å². The van der Waals surface area contributed by atoms with E-state index >= 15 is 0 Å². The smallest absolute Gasteiger partial charge is 0.0887 e. The van der Waals surface area contributed by atoms with Gasteiger partial charge in [-0.3, -0.25) is 9.97 Å². The molecule has 0 N–H and O–H groups in total. The molecule has 0 amide bonds. The van der Waals surface area contributed by atoms with Crippen molar-refractivity contribution in [2.24, 2.45) is 0 Å². The zero-order valence-corrected chi connectivity index (χ0v) is 20.5. The van der Waals surface area contributed by atoms with Gasteiger partial charge in [0.15, 0.2) is 0 Å². The topological polar surface area (TPSA) is 35.6 Å². The standard InChI is InChI=1S/C34H22N4/c1-2-8-25(9-3-1)37-19-17-24-20-23-13-15-28-27-10-4-5-12-32(27)38(34(28)29(23)21-33(24)37)26-14-16-31(36-22-26)30-11-6-7-18-35-30/h1-22H. The Labute approximate surface area is 219 Å². The summed E-state index contributed by atoms with van der Waals surface area (Å²) >= 11 is 0. The number of benzene rings is 4. The van der Waals surface area contributed by atoms with Crippen molar-refractivity contribution in [3.05, 3.63) is 134 Å². The van der Waals surface area contributed by atoms with Gasteiger partial charge in [0.25, 0.3) is 0 Å². The van der Waals surface area contributed by atoms with Gasteiger partial charge >= 0.3 is 0 Å². The fourth-order valence-corrected chi connectivity index (χ4v) is 5.68. The molecule has 8 aromatic rings. The van der Waals surface area contributed by atoms with Crippen molar-refractivity contribution in [1.82, 2.24) is 19.1 Å². The summed E-state index contributed by atoms with van der Waals surface area (Å²) in [5.74, 6) is 0. The lowest BCUT2D eigenvalue weighted by Crippen LogP contribution is -1.97. The van der Waals surface area contributed by atoms with E-state index in [0.717, 1.165) is 22.8 Å². The number of hydrogen-bond acceptors (Lipinski definition) is 2. The molecule has 178 valence electrons.